The smallest absolute Gasteiger partial charge is 0.251 e. The minimum Gasteiger partial charge on any atom is -0.496 e. The fraction of sp³-hybridized carbons (Fsp3) is 0.457. The highest BCUT2D eigenvalue weighted by Gasteiger charge is 2.34. The number of nitrogen functional groups attached to an aromatic ring is 1. The Balaban J connectivity index is 0.986. The van der Waals surface area contributed by atoms with Crippen LogP contribution in [0.3, 0.4) is 0 Å². The number of fused-ring (bicyclic) bond motifs is 2. The molecule has 3 N–H and O–H groups in total. The van der Waals surface area contributed by atoms with Crippen molar-refractivity contribution in [3.05, 3.63) is 60.2 Å². The topological polar surface area (TPSA) is 140 Å². The van der Waals surface area contributed by atoms with E-state index in [9.17, 15) is 4.79 Å². The number of nitrogens with two attached hydrogens (primary N) is 1. The fourth-order valence-electron chi connectivity index (χ4n) is 7.72. The van der Waals surface area contributed by atoms with Gasteiger partial charge in [-0.3, -0.25) is 9.69 Å². The molecule has 8 rings (SSSR count). The van der Waals surface area contributed by atoms with Crippen molar-refractivity contribution in [2.75, 3.05) is 45.6 Å². The van der Waals surface area contributed by atoms with Gasteiger partial charge in [0.25, 0.3) is 5.91 Å². The predicted octanol–water partition coefficient (Wildman–Crippen LogP) is 4.36. The summed E-state index contributed by atoms with van der Waals surface area (Å²) in [6, 6.07) is 14.9. The number of piperazine rings is 1. The van der Waals surface area contributed by atoms with Crippen LogP contribution in [0.15, 0.2) is 48.8 Å². The summed E-state index contributed by atoms with van der Waals surface area (Å²) in [5.41, 5.74) is 11.9. The zero-order valence-electron chi connectivity index (χ0n) is 26.8. The molecular weight excluding hydrogens is 594 g/mol. The van der Waals surface area contributed by atoms with Gasteiger partial charge in [0.15, 0.2) is 5.65 Å². The van der Waals surface area contributed by atoms with E-state index in [-0.39, 0.29) is 18.1 Å². The summed E-state index contributed by atoms with van der Waals surface area (Å²) in [6.45, 7) is 4.11. The molecule has 3 fully saturated rings. The van der Waals surface area contributed by atoms with E-state index in [1.54, 1.807) is 7.11 Å². The van der Waals surface area contributed by atoms with Gasteiger partial charge in [-0.15, -0.1) is 0 Å². The summed E-state index contributed by atoms with van der Waals surface area (Å²) < 4.78 is 13.3. The van der Waals surface area contributed by atoms with E-state index in [0.29, 0.717) is 24.9 Å². The van der Waals surface area contributed by atoms with Crippen LogP contribution in [0.25, 0.3) is 33.3 Å². The summed E-state index contributed by atoms with van der Waals surface area (Å²) in [5.74, 6) is 2.32. The van der Waals surface area contributed by atoms with Crippen LogP contribution in [-0.4, -0.2) is 97.5 Å². The van der Waals surface area contributed by atoms with Gasteiger partial charge in [0, 0.05) is 56.4 Å². The average molecular weight is 636 g/mol. The number of carbonyl (C=O) groups is 1. The number of ether oxygens (including phenoxy) is 2. The van der Waals surface area contributed by atoms with Crippen molar-refractivity contribution >= 4 is 33.8 Å². The van der Waals surface area contributed by atoms with Crippen molar-refractivity contribution in [2.45, 2.75) is 63.1 Å². The molecule has 244 valence electrons. The summed E-state index contributed by atoms with van der Waals surface area (Å²) in [4.78, 5) is 34.8. The quantitative estimate of drug-likeness (QED) is 0.267. The molecule has 0 bridgehead atoms. The first-order valence-corrected chi connectivity index (χ1v) is 16.8. The van der Waals surface area contributed by atoms with Gasteiger partial charge >= 0.3 is 0 Å². The second kappa shape index (κ2) is 12.6. The standard InChI is InChI=1S/C35H41N9O3/c1-46-28-6-3-2-5-22(28)20-30-39-26-13-8-23(19-27(26)40-30)32-31-33(36)37-21-38-34(31)44(41-32)25-11-9-24(10-12-25)42-14-16-43(17-15-42)35(45)29-7-4-18-47-29/h2-3,5-6,8,13,19,21,24-25,29H,4,7,9-12,14-18,20H2,1H3,(H,39,40)(H2,36,37,38)/t24-,25-,29?. The largest absolute Gasteiger partial charge is 0.496 e. The zero-order valence-corrected chi connectivity index (χ0v) is 26.8. The van der Waals surface area contributed by atoms with Crippen LogP contribution in [0.5, 0.6) is 5.75 Å². The van der Waals surface area contributed by atoms with Crippen LogP contribution in [0.4, 0.5) is 5.82 Å². The highest BCUT2D eigenvalue weighted by Crippen LogP contribution is 2.38. The van der Waals surface area contributed by atoms with Gasteiger partial charge in [0.1, 0.15) is 35.5 Å². The molecule has 47 heavy (non-hydrogen) atoms. The Morgan fingerprint density at radius 1 is 1.02 bits per heavy atom. The summed E-state index contributed by atoms with van der Waals surface area (Å²) in [7, 11) is 1.69. The van der Waals surface area contributed by atoms with Crippen LogP contribution in [0.1, 0.15) is 56.0 Å². The Morgan fingerprint density at radius 3 is 2.62 bits per heavy atom. The molecule has 5 heterocycles. The number of hydrogen-bond acceptors (Lipinski definition) is 9. The van der Waals surface area contributed by atoms with Crippen LogP contribution in [0.2, 0.25) is 0 Å². The Labute approximate surface area is 273 Å². The molecule has 1 atom stereocenters. The van der Waals surface area contributed by atoms with Crippen molar-refractivity contribution in [2.24, 2.45) is 0 Å². The Bertz CT molecular complexity index is 1900. The van der Waals surface area contributed by atoms with Gasteiger partial charge in [-0.25, -0.2) is 19.6 Å². The second-order valence-corrected chi connectivity index (χ2v) is 13.0. The molecule has 12 heteroatoms. The number of methoxy groups -OCH3 is 1. The maximum Gasteiger partial charge on any atom is 0.251 e. The second-order valence-electron chi connectivity index (χ2n) is 13.0. The number of anilines is 1. The van der Waals surface area contributed by atoms with Crippen LogP contribution in [-0.2, 0) is 16.0 Å². The molecule has 2 saturated heterocycles. The highest BCUT2D eigenvalue weighted by atomic mass is 16.5. The number of nitrogens with zero attached hydrogens (tertiary/aromatic N) is 7. The lowest BCUT2D eigenvalue weighted by Gasteiger charge is -2.42. The van der Waals surface area contributed by atoms with E-state index in [1.807, 2.05) is 29.2 Å². The van der Waals surface area contributed by atoms with Gasteiger partial charge in [-0.2, -0.15) is 5.10 Å². The van der Waals surface area contributed by atoms with Crippen molar-refractivity contribution in [1.29, 1.82) is 0 Å². The molecule has 1 aliphatic carbocycles. The van der Waals surface area contributed by atoms with E-state index in [0.717, 1.165) is 115 Å². The van der Waals surface area contributed by atoms with Gasteiger partial charge in [-0.05, 0) is 56.7 Å². The van der Waals surface area contributed by atoms with Crippen LogP contribution in [0, 0.1) is 0 Å². The number of benzene rings is 2. The number of carbonyl (C=O) groups excluding carboxylic acids is 1. The van der Waals surface area contributed by atoms with Crippen molar-refractivity contribution in [3.63, 3.8) is 0 Å². The van der Waals surface area contributed by atoms with E-state index >= 15 is 0 Å². The third kappa shape index (κ3) is 5.69. The highest BCUT2D eigenvalue weighted by molar-refractivity contribution is 5.99. The number of imidazole rings is 1. The number of para-hydroxylation sites is 1. The number of amides is 1. The van der Waals surface area contributed by atoms with E-state index in [4.69, 9.17) is 25.3 Å². The molecule has 3 aromatic heterocycles. The van der Waals surface area contributed by atoms with Gasteiger partial charge in [0.2, 0.25) is 0 Å². The van der Waals surface area contributed by atoms with Gasteiger partial charge in [-0.1, -0.05) is 24.3 Å². The van der Waals surface area contributed by atoms with Crippen LogP contribution < -0.4 is 10.5 Å². The lowest BCUT2D eigenvalue weighted by Crippen LogP contribution is -2.54. The number of hydrogen-bond donors (Lipinski definition) is 2. The van der Waals surface area contributed by atoms with E-state index < -0.39 is 0 Å². The Hall–Kier alpha value is -4.55. The van der Waals surface area contributed by atoms with E-state index in [1.165, 1.54) is 6.33 Å². The molecular formula is C35H41N9O3. The SMILES string of the molecule is COc1ccccc1Cc1nc2cc(-c3nn([C@H]4CC[C@H](N5CCN(C(=O)C6CCCO6)CC5)CC4)c4ncnc(N)c34)ccc2[nH]1. The number of rotatable bonds is 7. The maximum absolute atomic E-state index is 12.8. The first-order chi connectivity index (χ1) is 23.1. The molecule has 0 spiro atoms. The molecule has 3 aliphatic rings. The fourth-order valence-corrected chi connectivity index (χ4v) is 7.72. The predicted molar refractivity (Wildman–Crippen MR) is 179 cm³/mol. The minimum atomic E-state index is -0.230. The molecule has 1 amide bonds. The van der Waals surface area contributed by atoms with Gasteiger partial charge in [0.05, 0.1) is 29.6 Å². The van der Waals surface area contributed by atoms with E-state index in [2.05, 4.69) is 42.7 Å². The van der Waals surface area contributed by atoms with Crippen molar-refractivity contribution in [3.8, 4) is 17.0 Å². The first kappa shape index (κ1) is 29.8. The number of H-pyrrole nitrogens is 1. The summed E-state index contributed by atoms with van der Waals surface area (Å²) in [6.07, 6.45) is 7.94. The monoisotopic (exact) mass is 635 g/mol. The molecule has 0 radical (unpaired) electrons. The molecule has 1 unspecified atom stereocenters. The zero-order chi connectivity index (χ0) is 31.9. The third-order valence-corrected chi connectivity index (χ3v) is 10.2. The minimum absolute atomic E-state index is 0.174. The number of aromatic nitrogens is 6. The third-order valence-electron chi connectivity index (χ3n) is 10.2. The molecule has 12 nitrogen and oxygen atoms in total. The number of aromatic amines is 1. The summed E-state index contributed by atoms with van der Waals surface area (Å²) in [5, 5.41) is 5.95. The first-order valence-electron chi connectivity index (χ1n) is 16.8. The Morgan fingerprint density at radius 2 is 1.83 bits per heavy atom. The average Bonchev–Trinajstić information content (AvgIpc) is 3.88. The van der Waals surface area contributed by atoms with Crippen molar-refractivity contribution in [1.82, 2.24) is 39.5 Å². The molecule has 1 saturated carbocycles. The molecule has 2 aromatic carbocycles. The van der Waals surface area contributed by atoms with Crippen molar-refractivity contribution < 1.29 is 14.3 Å². The van der Waals surface area contributed by atoms with Crippen LogP contribution >= 0.6 is 0 Å². The maximum atomic E-state index is 12.8. The molecule has 2 aliphatic heterocycles. The Kier molecular flexibility index (Phi) is 7.98. The molecule has 5 aromatic rings. The summed E-state index contributed by atoms with van der Waals surface area (Å²) >= 11 is 0. The normalized spacial score (nSPS) is 22.3. The number of nitrogens with one attached hydrogen (secondary N) is 1. The lowest BCUT2D eigenvalue weighted by atomic mass is 9.90. The lowest BCUT2D eigenvalue weighted by molar-refractivity contribution is -0.143. The van der Waals surface area contributed by atoms with Gasteiger partial charge < -0.3 is 25.1 Å².